The first-order valence-corrected chi connectivity index (χ1v) is 4.43. The fraction of sp³-hybridized carbons (Fsp3) is 0.375. The van der Waals surface area contributed by atoms with E-state index in [1.165, 1.54) is 18.9 Å². The number of methoxy groups -OCH3 is 1. The minimum Gasteiger partial charge on any atom is -0.465 e. The second kappa shape index (κ2) is 2.37. The van der Waals surface area contributed by atoms with Crippen molar-refractivity contribution in [3.63, 3.8) is 0 Å². The number of thioether (sulfide) groups is 1. The average Bonchev–Trinajstić information content (AvgIpc) is 2.73. The van der Waals surface area contributed by atoms with Crippen LogP contribution in [-0.2, 0) is 9.53 Å². The number of carbonyl (C=O) groups excluding carboxylic acids is 1. The van der Waals surface area contributed by atoms with Gasteiger partial charge in [-0.3, -0.25) is 0 Å². The molecule has 12 heavy (non-hydrogen) atoms. The van der Waals surface area contributed by atoms with Crippen LogP contribution < -0.4 is 0 Å². The Bertz CT molecular complexity index is 295. The molecule has 0 bridgehead atoms. The number of hydrogen-bond donors (Lipinski definition) is 1. The maximum Gasteiger partial charge on any atom is 0.337 e. The summed E-state index contributed by atoms with van der Waals surface area (Å²) in [7, 11) is 1.35. The number of aliphatic hydroxyl groups is 1. The Morgan fingerprint density at radius 2 is 2.58 bits per heavy atom. The number of carbonyl (C=O) groups is 1. The Kier molecular flexibility index (Phi) is 1.56. The van der Waals surface area contributed by atoms with Gasteiger partial charge >= 0.3 is 5.97 Å². The molecule has 2 aliphatic rings. The molecule has 0 aromatic carbocycles. The number of ether oxygens (including phenoxy) is 1. The van der Waals surface area contributed by atoms with Crippen LogP contribution in [0.1, 0.15) is 0 Å². The van der Waals surface area contributed by atoms with Gasteiger partial charge in [0, 0.05) is 0 Å². The SMILES string of the molecule is COC(=O)C1=CC2SC2(O)C=C1. The van der Waals surface area contributed by atoms with Gasteiger partial charge in [0.15, 0.2) is 0 Å². The first kappa shape index (κ1) is 7.89. The average molecular weight is 184 g/mol. The van der Waals surface area contributed by atoms with Crippen molar-refractivity contribution in [3.8, 4) is 0 Å². The molecule has 1 aliphatic heterocycles. The molecule has 0 amide bonds. The zero-order valence-corrected chi connectivity index (χ0v) is 7.30. The summed E-state index contributed by atoms with van der Waals surface area (Å²) in [5.74, 6) is -0.346. The van der Waals surface area contributed by atoms with Gasteiger partial charge in [0.1, 0.15) is 4.93 Å². The minimum atomic E-state index is -0.739. The number of rotatable bonds is 1. The van der Waals surface area contributed by atoms with Gasteiger partial charge in [-0.05, 0) is 12.2 Å². The van der Waals surface area contributed by atoms with Crippen molar-refractivity contribution in [2.75, 3.05) is 7.11 Å². The number of fused-ring (bicyclic) bond motifs is 1. The van der Waals surface area contributed by atoms with E-state index in [-0.39, 0.29) is 11.2 Å². The third kappa shape index (κ3) is 1.07. The number of hydrogen-bond acceptors (Lipinski definition) is 4. The fourth-order valence-corrected chi connectivity index (χ4v) is 1.99. The van der Waals surface area contributed by atoms with E-state index in [9.17, 15) is 9.90 Å². The van der Waals surface area contributed by atoms with Gasteiger partial charge in [0.05, 0.1) is 17.9 Å². The molecule has 0 aromatic heterocycles. The molecule has 1 aliphatic carbocycles. The van der Waals surface area contributed by atoms with Crippen LogP contribution in [0, 0.1) is 0 Å². The summed E-state index contributed by atoms with van der Waals surface area (Å²) in [4.78, 5) is 10.3. The molecular weight excluding hydrogens is 176 g/mol. The van der Waals surface area contributed by atoms with Crippen LogP contribution in [0.25, 0.3) is 0 Å². The first-order valence-electron chi connectivity index (χ1n) is 3.55. The lowest BCUT2D eigenvalue weighted by Crippen LogP contribution is -2.14. The topological polar surface area (TPSA) is 46.5 Å². The highest BCUT2D eigenvalue weighted by atomic mass is 32.2. The van der Waals surface area contributed by atoms with Gasteiger partial charge in [-0.25, -0.2) is 4.79 Å². The second-order valence-corrected chi connectivity index (χ2v) is 4.13. The van der Waals surface area contributed by atoms with Crippen LogP contribution in [0.3, 0.4) is 0 Å². The molecule has 3 nitrogen and oxygen atoms in total. The molecule has 1 saturated heterocycles. The zero-order valence-electron chi connectivity index (χ0n) is 6.48. The van der Waals surface area contributed by atoms with Gasteiger partial charge in [-0.15, -0.1) is 11.8 Å². The molecule has 0 aromatic rings. The van der Waals surface area contributed by atoms with E-state index in [0.29, 0.717) is 5.57 Å². The lowest BCUT2D eigenvalue weighted by atomic mass is 10.1. The van der Waals surface area contributed by atoms with Crippen molar-refractivity contribution in [3.05, 3.63) is 23.8 Å². The van der Waals surface area contributed by atoms with E-state index >= 15 is 0 Å². The molecule has 1 N–H and O–H groups in total. The monoisotopic (exact) mass is 184 g/mol. The Balaban J connectivity index is 2.17. The Hall–Kier alpha value is -0.740. The fourth-order valence-electron chi connectivity index (χ4n) is 1.14. The van der Waals surface area contributed by atoms with Crippen molar-refractivity contribution in [2.45, 2.75) is 10.2 Å². The quantitative estimate of drug-likeness (QED) is 0.475. The Morgan fingerprint density at radius 3 is 3.17 bits per heavy atom. The van der Waals surface area contributed by atoms with Crippen molar-refractivity contribution < 1.29 is 14.6 Å². The molecule has 2 rings (SSSR count). The van der Waals surface area contributed by atoms with E-state index in [0.717, 1.165) is 0 Å². The summed E-state index contributed by atoms with van der Waals surface area (Å²) in [5, 5.41) is 9.54. The van der Waals surface area contributed by atoms with Crippen molar-refractivity contribution >= 4 is 17.7 Å². The third-order valence-corrected chi connectivity index (χ3v) is 3.18. The van der Waals surface area contributed by atoms with Gasteiger partial charge in [0.25, 0.3) is 0 Å². The zero-order chi connectivity index (χ0) is 8.77. The lowest BCUT2D eigenvalue weighted by Gasteiger charge is -2.06. The predicted octanol–water partition coefficient (Wildman–Crippen LogP) is 0.460. The molecule has 0 radical (unpaired) electrons. The van der Waals surface area contributed by atoms with Crippen molar-refractivity contribution in [2.24, 2.45) is 0 Å². The highest BCUT2D eigenvalue weighted by molar-refractivity contribution is 8.08. The summed E-state index contributed by atoms with van der Waals surface area (Å²) in [5.41, 5.74) is 0.525. The summed E-state index contributed by atoms with van der Waals surface area (Å²) in [6.07, 6.45) is 4.97. The lowest BCUT2D eigenvalue weighted by molar-refractivity contribution is -0.135. The van der Waals surface area contributed by atoms with Gasteiger partial charge in [-0.1, -0.05) is 6.08 Å². The van der Waals surface area contributed by atoms with Crippen molar-refractivity contribution in [1.29, 1.82) is 0 Å². The second-order valence-electron chi connectivity index (χ2n) is 2.74. The van der Waals surface area contributed by atoms with E-state index < -0.39 is 4.93 Å². The predicted molar refractivity (Wildman–Crippen MR) is 45.6 cm³/mol. The summed E-state index contributed by atoms with van der Waals surface area (Å²) >= 11 is 1.42. The summed E-state index contributed by atoms with van der Waals surface area (Å²) in [6, 6.07) is 0. The van der Waals surface area contributed by atoms with E-state index in [2.05, 4.69) is 4.74 Å². The molecule has 1 fully saturated rings. The van der Waals surface area contributed by atoms with Gasteiger partial charge in [0.2, 0.25) is 0 Å². The molecule has 2 unspecified atom stereocenters. The smallest absolute Gasteiger partial charge is 0.337 e. The van der Waals surface area contributed by atoms with Crippen LogP contribution in [-0.4, -0.2) is 28.4 Å². The Morgan fingerprint density at radius 1 is 1.83 bits per heavy atom. The summed E-state index contributed by atoms with van der Waals surface area (Å²) in [6.45, 7) is 0. The van der Waals surface area contributed by atoms with Gasteiger partial charge < -0.3 is 9.84 Å². The first-order chi connectivity index (χ1) is 5.65. The highest BCUT2D eigenvalue weighted by Crippen LogP contribution is 2.55. The molecule has 1 heterocycles. The largest absolute Gasteiger partial charge is 0.465 e. The maximum atomic E-state index is 11.0. The maximum absolute atomic E-state index is 11.0. The van der Waals surface area contributed by atoms with E-state index in [1.807, 2.05) is 0 Å². The van der Waals surface area contributed by atoms with Crippen molar-refractivity contribution in [1.82, 2.24) is 0 Å². The van der Waals surface area contributed by atoms with Crippen LogP contribution in [0.15, 0.2) is 23.8 Å². The van der Waals surface area contributed by atoms with E-state index in [4.69, 9.17) is 0 Å². The van der Waals surface area contributed by atoms with Crippen LogP contribution in [0.4, 0.5) is 0 Å². The summed E-state index contributed by atoms with van der Waals surface area (Å²) < 4.78 is 4.54. The third-order valence-electron chi connectivity index (χ3n) is 1.92. The normalized spacial score (nSPS) is 36.8. The molecule has 0 spiro atoms. The van der Waals surface area contributed by atoms with Crippen LogP contribution >= 0.6 is 11.8 Å². The van der Waals surface area contributed by atoms with Gasteiger partial charge in [-0.2, -0.15) is 0 Å². The standard InChI is InChI=1S/C8H8O3S/c1-11-7(9)5-2-3-8(10)6(4-5)12-8/h2-4,6,10H,1H3. The highest BCUT2D eigenvalue weighted by Gasteiger charge is 2.53. The molecule has 64 valence electrons. The van der Waals surface area contributed by atoms with Crippen LogP contribution in [0.2, 0.25) is 0 Å². The molecule has 0 saturated carbocycles. The van der Waals surface area contributed by atoms with Crippen LogP contribution in [0.5, 0.6) is 0 Å². The minimum absolute atomic E-state index is 0.0385. The molecule has 4 heteroatoms. The molecular formula is C8H8O3S. The molecule has 2 atom stereocenters. The van der Waals surface area contributed by atoms with E-state index in [1.54, 1.807) is 18.2 Å². The number of esters is 1. The Labute approximate surface area is 74.1 Å².